The molecular formula is C8H17NO. The van der Waals surface area contributed by atoms with Crippen LogP contribution in [-0.2, 0) is 4.74 Å². The molecule has 0 aromatic carbocycles. The third-order valence-electron chi connectivity index (χ3n) is 2.58. The molecule has 0 aromatic rings. The molecular weight excluding hydrogens is 126 g/mol. The summed E-state index contributed by atoms with van der Waals surface area (Å²) in [5.41, 5.74) is 0. The van der Waals surface area contributed by atoms with E-state index in [0.29, 0.717) is 24.2 Å². The Morgan fingerprint density at radius 1 is 1.10 bits per heavy atom. The molecule has 1 rings (SSSR count). The minimum atomic E-state index is 0.370. The van der Waals surface area contributed by atoms with E-state index in [1.165, 1.54) is 0 Å². The highest BCUT2D eigenvalue weighted by Crippen LogP contribution is 2.25. The van der Waals surface area contributed by atoms with Crippen molar-refractivity contribution in [3.8, 4) is 0 Å². The molecule has 1 aliphatic heterocycles. The van der Waals surface area contributed by atoms with Gasteiger partial charge in [-0.3, -0.25) is 0 Å². The summed E-state index contributed by atoms with van der Waals surface area (Å²) in [5, 5.41) is 3.27. The van der Waals surface area contributed by atoms with Crippen LogP contribution in [0.5, 0.6) is 0 Å². The van der Waals surface area contributed by atoms with Crippen LogP contribution in [0.1, 0.15) is 20.8 Å². The van der Waals surface area contributed by atoms with Gasteiger partial charge < -0.3 is 10.1 Å². The molecule has 0 aliphatic carbocycles. The first-order valence-corrected chi connectivity index (χ1v) is 3.99. The first-order chi connectivity index (χ1) is 4.66. The van der Waals surface area contributed by atoms with Gasteiger partial charge in [-0.1, -0.05) is 6.92 Å². The van der Waals surface area contributed by atoms with Gasteiger partial charge in [0, 0.05) is 6.04 Å². The highest BCUT2D eigenvalue weighted by molar-refractivity contribution is 4.88. The van der Waals surface area contributed by atoms with Crippen molar-refractivity contribution in [1.29, 1.82) is 0 Å². The standard InChI is InChI=1S/C8H17NO/c1-5-6(2)10-7(3)8(5)9-4/h5-9H,1-4H3/t5?,6?,7-,8?/m1/s1. The van der Waals surface area contributed by atoms with Crippen molar-refractivity contribution < 1.29 is 4.74 Å². The van der Waals surface area contributed by atoms with Crippen molar-refractivity contribution >= 4 is 0 Å². The lowest BCUT2D eigenvalue weighted by molar-refractivity contribution is 0.0545. The summed E-state index contributed by atoms with van der Waals surface area (Å²) in [5.74, 6) is 0.639. The van der Waals surface area contributed by atoms with Gasteiger partial charge in [-0.25, -0.2) is 0 Å². The smallest absolute Gasteiger partial charge is 0.0707 e. The van der Waals surface area contributed by atoms with Crippen LogP contribution in [0.25, 0.3) is 0 Å². The van der Waals surface area contributed by atoms with E-state index >= 15 is 0 Å². The summed E-state index contributed by atoms with van der Waals surface area (Å²) in [6, 6.07) is 0.537. The summed E-state index contributed by atoms with van der Waals surface area (Å²) in [6.07, 6.45) is 0.780. The fourth-order valence-corrected chi connectivity index (χ4v) is 1.76. The first-order valence-electron chi connectivity index (χ1n) is 3.99. The molecule has 1 N–H and O–H groups in total. The fourth-order valence-electron chi connectivity index (χ4n) is 1.76. The predicted octanol–water partition coefficient (Wildman–Crippen LogP) is 1.02. The van der Waals surface area contributed by atoms with Crippen molar-refractivity contribution in [2.24, 2.45) is 5.92 Å². The molecule has 60 valence electrons. The highest BCUT2D eigenvalue weighted by atomic mass is 16.5. The molecule has 0 bridgehead atoms. The molecule has 0 radical (unpaired) electrons. The summed E-state index contributed by atoms with van der Waals surface area (Å²) >= 11 is 0. The maximum atomic E-state index is 5.61. The van der Waals surface area contributed by atoms with Crippen molar-refractivity contribution in [3.63, 3.8) is 0 Å². The Labute approximate surface area is 63.0 Å². The molecule has 1 fully saturated rings. The number of hydrogen-bond donors (Lipinski definition) is 1. The van der Waals surface area contributed by atoms with E-state index in [0.717, 1.165) is 0 Å². The van der Waals surface area contributed by atoms with Crippen LogP contribution in [0.15, 0.2) is 0 Å². The van der Waals surface area contributed by atoms with E-state index in [2.05, 4.69) is 26.1 Å². The van der Waals surface area contributed by atoms with Crippen molar-refractivity contribution in [2.45, 2.75) is 39.0 Å². The minimum absolute atomic E-state index is 0.370. The molecule has 10 heavy (non-hydrogen) atoms. The molecule has 4 atom stereocenters. The minimum Gasteiger partial charge on any atom is -0.374 e. The second kappa shape index (κ2) is 2.89. The van der Waals surface area contributed by atoms with Crippen LogP contribution in [0.2, 0.25) is 0 Å². The van der Waals surface area contributed by atoms with Crippen LogP contribution in [0.3, 0.4) is 0 Å². The Hall–Kier alpha value is -0.0800. The van der Waals surface area contributed by atoms with Gasteiger partial charge in [0.25, 0.3) is 0 Å². The summed E-state index contributed by atoms with van der Waals surface area (Å²) < 4.78 is 5.61. The predicted molar refractivity (Wildman–Crippen MR) is 42.0 cm³/mol. The number of rotatable bonds is 1. The Bertz CT molecular complexity index is 116. The Morgan fingerprint density at radius 3 is 1.90 bits per heavy atom. The van der Waals surface area contributed by atoms with Crippen molar-refractivity contribution in [2.75, 3.05) is 7.05 Å². The fraction of sp³-hybridized carbons (Fsp3) is 1.00. The largest absolute Gasteiger partial charge is 0.374 e. The number of likely N-dealkylation sites (N-methyl/N-ethyl adjacent to an activating group) is 1. The highest BCUT2D eigenvalue weighted by Gasteiger charge is 2.35. The monoisotopic (exact) mass is 143 g/mol. The van der Waals surface area contributed by atoms with Gasteiger partial charge in [-0.2, -0.15) is 0 Å². The van der Waals surface area contributed by atoms with E-state index in [1.54, 1.807) is 0 Å². The summed E-state index contributed by atoms with van der Waals surface area (Å²) in [6.45, 7) is 6.50. The zero-order valence-electron chi connectivity index (χ0n) is 7.22. The zero-order valence-corrected chi connectivity index (χ0v) is 7.22. The van der Waals surface area contributed by atoms with E-state index in [-0.39, 0.29) is 0 Å². The van der Waals surface area contributed by atoms with Gasteiger partial charge in [0.15, 0.2) is 0 Å². The lowest BCUT2D eigenvalue weighted by Gasteiger charge is -2.16. The average Bonchev–Trinajstić information content (AvgIpc) is 2.09. The lowest BCUT2D eigenvalue weighted by Crippen LogP contribution is -2.36. The third-order valence-corrected chi connectivity index (χ3v) is 2.58. The molecule has 0 amide bonds. The SMILES string of the molecule is CNC1C(C)C(C)O[C@@H]1C. The number of ether oxygens (including phenoxy) is 1. The van der Waals surface area contributed by atoms with E-state index in [9.17, 15) is 0 Å². The molecule has 0 aromatic heterocycles. The molecule has 1 heterocycles. The van der Waals surface area contributed by atoms with Gasteiger partial charge in [0.2, 0.25) is 0 Å². The van der Waals surface area contributed by atoms with E-state index in [1.807, 2.05) is 7.05 Å². The van der Waals surface area contributed by atoms with Gasteiger partial charge >= 0.3 is 0 Å². The van der Waals surface area contributed by atoms with Crippen LogP contribution in [-0.4, -0.2) is 25.3 Å². The molecule has 2 nitrogen and oxygen atoms in total. The molecule has 1 saturated heterocycles. The molecule has 0 spiro atoms. The van der Waals surface area contributed by atoms with Gasteiger partial charge in [-0.05, 0) is 26.8 Å². The Morgan fingerprint density at radius 2 is 1.70 bits per heavy atom. The molecule has 1 aliphatic rings. The topological polar surface area (TPSA) is 21.3 Å². The van der Waals surface area contributed by atoms with E-state index < -0.39 is 0 Å². The lowest BCUT2D eigenvalue weighted by atomic mass is 9.97. The van der Waals surface area contributed by atoms with Crippen molar-refractivity contribution in [3.05, 3.63) is 0 Å². The Balaban J connectivity index is 2.55. The zero-order chi connectivity index (χ0) is 7.72. The second-order valence-electron chi connectivity index (χ2n) is 3.22. The quantitative estimate of drug-likeness (QED) is 0.591. The van der Waals surface area contributed by atoms with Gasteiger partial charge in [0.1, 0.15) is 0 Å². The second-order valence-corrected chi connectivity index (χ2v) is 3.22. The molecule has 2 heteroatoms. The summed E-state index contributed by atoms with van der Waals surface area (Å²) in [7, 11) is 2.00. The van der Waals surface area contributed by atoms with E-state index in [4.69, 9.17) is 4.74 Å². The van der Waals surface area contributed by atoms with Crippen molar-refractivity contribution in [1.82, 2.24) is 5.32 Å². The van der Waals surface area contributed by atoms with Gasteiger partial charge in [-0.15, -0.1) is 0 Å². The number of hydrogen-bond acceptors (Lipinski definition) is 2. The molecule has 3 unspecified atom stereocenters. The molecule has 0 saturated carbocycles. The maximum absolute atomic E-state index is 5.61. The third kappa shape index (κ3) is 1.18. The van der Waals surface area contributed by atoms with Crippen LogP contribution in [0.4, 0.5) is 0 Å². The average molecular weight is 143 g/mol. The normalized spacial score (nSPS) is 48.0. The van der Waals surface area contributed by atoms with Crippen LogP contribution in [0, 0.1) is 5.92 Å². The number of nitrogens with one attached hydrogen (secondary N) is 1. The Kier molecular flexibility index (Phi) is 2.32. The van der Waals surface area contributed by atoms with Gasteiger partial charge in [0.05, 0.1) is 12.2 Å². The summed E-state index contributed by atoms with van der Waals surface area (Å²) in [4.78, 5) is 0. The maximum Gasteiger partial charge on any atom is 0.0707 e. The first kappa shape index (κ1) is 8.02. The van der Waals surface area contributed by atoms with Crippen LogP contribution >= 0.6 is 0 Å². The van der Waals surface area contributed by atoms with Crippen LogP contribution < -0.4 is 5.32 Å².